The van der Waals surface area contributed by atoms with Gasteiger partial charge in [-0.15, -0.1) is 0 Å². The molecule has 1 saturated carbocycles. The molecular formula is C14H14N2O. The molecule has 1 aromatic rings. The van der Waals surface area contributed by atoms with Crippen molar-refractivity contribution in [3.05, 3.63) is 29.3 Å². The van der Waals surface area contributed by atoms with Gasteiger partial charge in [0, 0.05) is 5.69 Å². The van der Waals surface area contributed by atoms with E-state index in [-0.39, 0.29) is 16.7 Å². The van der Waals surface area contributed by atoms with Gasteiger partial charge in [-0.3, -0.25) is 4.79 Å². The van der Waals surface area contributed by atoms with E-state index in [1.807, 2.05) is 18.2 Å². The van der Waals surface area contributed by atoms with E-state index in [4.69, 9.17) is 0 Å². The molecule has 1 heterocycles. The van der Waals surface area contributed by atoms with E-state index >= 15 is 0 Å². The summed E-state index contributed by atoms with van der Waals surface area (Å²) in [5, 5.41) is 12.2. The molecule has 3 heteroatoms. The summed E-state index contributed by atoms with van der Waals surface area (Å²) < 4.78 is 0. The summed E-state index contributed by atoms with van der Waals surface area (Å²) in [4.78, 5) is 11.3. The Bertz CT molecular complexity index is 568. The van der Waals surface area contributed by atoms with Crippen molar-refractivity contribution in [1.82, 2.24) is 0 Å². The fraction of sp³-hybridized carbons (Fsp3) is 0.429. The van der Waals surface area contributed by atoms with Gasteiger partial charge in [0.25, 0.3) is 0 Å². The van der Waals surface area contributed by atoms with E-state index in [0.717, 1.165) is 23.2 Å². The number of carbonyl (C=O) groups is 1. The number of rotatable bonds is 1. The van der Waals surface area contributed by atoms with Crippen LogP contribution < -0.4 is 5.32 Å². The average molecular weight is 226 g/mol. The molecule has 1 N–H and O–H groups in total. The molecule has 1 fully saturated rings. The van der Waals surface area contributed by atoms with E-state index in [0.29, 0.717) is 6.42 Å². The fourth-order valence-electron chi connectivity index (χ4n) is 2.86. The van der Waals surface area contributed by atoms with E-state index in [1.54, 1.807) is 0 Å². The first-order chi connectivity index (χ1) is 7.98. The van der Waals surface area contributed by atoms with Crippen molar-refractivity contribution in [1.29, 1.82) is 5.26 Å². The first-order valence-corrected chi connectivity index (χ1v) is 5.83. The molecule has 0 aromatic heterocycles. The largest absolute Gasteiger partial charge is 0.326 e. The Labute approximate surface area is 100 Å². The van der Waals surface area contributed by atoms with Gasteiger partial charge in [-0.1, -0.05) is 26.0 Å². The highest BCUT2D eigenvalue weighted by molar-refractivity contribution is 5.99. The van der Waals surface area contributed by atoms with Crippen LogP contribution in [0.15, 0.2) is 18.2 Å². The first kappa shape index (κ1) is 10.3. The van der Waals surface area contributed by atoms with Gasteiger partial charge < -0.3 is 5.32 Å². The molecule has 0 spiro atoms. The van der Waals surface area contributed by atoms with E-state index < -0.39 is 0 Å². The lowest BCUT2D eigenvalue weighted by atomic mass is 9.88. The highest BCUT2D eigenvalue weighted by Gasteiger charge is 2.63. The predicted octanol–water partition coefficient (Wildman–Crippen LogP) is 2.37. The summed E-state index contributed by atoms with van der Waals surface area (Å²) in [5.41, 5.74) is 2.66. The van der Waals surface area contributed by atoms with E-state index in [1.165, 1.54) is 0 Å². The third-order valence-electron chi connectivity index (χ3n) is 4.15. The van der Waals surface area contributed by atoms with Gasteiger partial charge in [0.1, 0.15) is 0 Å². The summed E-state index contributed by atoms with van der Waals surface area (Å²) in [6.45, 7) is 4.24. The van der Waals surface area contributed by atoms with Gasteiger partial charge in [0.15, 0.2) is 0 Å². The maximum absolute atomic E-state index is 11.3. The summed E-state index contributed by atoms with van der Waals surface area (Å²) >= 11 is 0. The number of benzene rings is 1. The van der Waals surface area contributed by atoms with Gasteiger partial charge in [0.05, 0.1) is 17.9 Å². The van der Waals surface area contributed by atoms with Crippen LogP contribution in [0.1, 0.15) is 31.4 Å². The molecule has 2 aliphatic rings. The van der Waals surface area contributed by atoms with Crippen molar-refractivity contribution in [3.8, 4) is 6.07 Å². The van der Waals surface area contributed by atoms with Crippen LogP contribution in [0.5, 0.6) is 0 Å². The number of carbonyl (C=O) groups excluding carboxylic acids is 1. The standard InChI is InChI=1S/C14H14N2O/c1-13(2)7-14(13,8-15)10-3-4-11-9(5-10)6-12(17)16-11/h3-5H,6-7H2,1-2H3,(H,16,17). The number of hydrogen-bond donors (Lipinski definition) is 1. The molecule has 1 unspecified atom stereocenters. The van der Waals surface area contributed by atoms with Crippen molar-refractivity contribution < 1.29 is 4.79 Å². The summed E-state index contributed by atoms with van der Waals surface area (Å²) in [5.74, 6) is 0.0400. The lowest BCUT2D eigenvalue weighted by Gasteiger charge is -2.13. The third kappa shape index (κ3) is 1.24. The van der Waals surface area contributed by atoms with Gasteiger partial charge in [-0.05, 0) is 29.0 Å². The molecule has 0 bridgehead atoms. The summed E-state index contributed by atoms with van der Waals surface area (Å²) in [6, 6.07) is 8.37. The molecule has 3 rings (SSSR count). The topological polar surface area (TPSA) is 52.9 Å². The molecular weight excluding hydrogens is 212 g/mol. The van der Waals surface area contributed by atoms with E-state index in [9.17, 15) is 10.1 Å². The second-order valence-corrected chi connectivity index (χ2v) is 5.67. The maximum atomic E-state index is 11.3. The van der Waals surface area contributed by atoms with Gasteiger partial charge >= 0.3 is 0 Å². The third-order valence-corrected chi connectivity index (χ3v) is 4.15. The normalized spacial score (nSPS) is 28.2. The molecule has 0 radical (unpaired) electrons. The molecule has 86 valence electrons. The summed E-state index contributed by atoms with van der Waals surface area (Å²) in [6.07, 6.45) is 1.34. The average Bonchev–Trinajstić information content (AvgIpc) is 2.65. The van der Waals surface area contributed by atoms with Crippen molar-refractivity contribution in [2.24, 2.45) is 5.41 Å². The van der Waals surface area contributed by atoms with Crippen LogP contribution in [0, 0.1) is 16.7 Å². The Morgan fingerprint density at radius 3 is 2.71 bits per heavy atom. The predicted molar refractivity (Wildman–Crippen MR) is 64.5 cm³/mol. The van der Waals surface area contributed by atoms with Crippen LogP contribution in [-0.2, 0) is 16.6 Å². The van der Waals surface area contributed by atoms with Gasteiger partial charge in [-0.25, -0.2) is 0 Å². The summed E-state index contributed by atoms with van der Waals surface area (Å²) in [7, 11) is 0. The second-order valence-electron chi connectivity index (χ2n) is 5.67. The zero-order chi connectivity index (χ0) is 12.3. The Kier molecular flexibility index (Phi) is 1.76. The Morgan fingerprint density at radius 2 is 2.12 bits per heavy atom. The second kappa shape index (κ2) is 2.89. The van der Waals surface area contributed by atoms with Crippen LogP contribution in [0.2, 0.25) is 0 Å². The zero-order valence-electron chi connectivity index (χ0n) is 10.0. The lowest BCUT2D eigenvalue weighted by molar-refractivity contribution is -0.115. The molecule has 0 saturated heterocycles. The number of hydrogen-bond acceptors (Lipinski definition) is 2. The van der Waals surface area contributed by atoms with Crippen LogP contribution in [0.25, 0.3) is 0 Å². The van der Waals surface area contributed by atoms with E-state index in [2.05, 4.69) is 25.2 Å². The van der Waals surface area contributed by atoms with Crippen molar-refractivity contribution in [3.63, 3.8) is 0 Å². The molecule has 17 heavy (non-hydrogen) atoms. The van der Waals surface area contributed by atoms with Gasteiger partial charge in [0.2, 0.25) is 5.91 Å². The monoisotopic (exact) mass is 226 g/mol. The van der Waals surface area contributed by atoms with Crippen LogP contribution in [-0.4, -0.2) is 5.91 Å². The molecule has 1 aliphatic heterocycles. The number of amides is 1. The van der Waals surface area contributed by atoms with Crippen LogP contribution in [0.4, 0.5) is 5.69 Å². The van der Waals surface area contributed by atoms with Crippen molar-refractivity contribution in [2.75, 3.05) is 5.32 Å². The quantitative estimate of drug-likeness (QED) is 0.799. The van der Waals surface area contributed by atoms with Crippen molar-refractivity contribution in [2.45, 2.75) is 32.1 Å². The SMILES string of the molecule is CC1(C)CC1(C#N)c1ccc2c(c1)CC(=O)N2. The molecule has 1 aromatic carbocycles. The minimum Gasteiger partial charge on any atom is -0.326 e. The fourth-order valence-corrected chi connectivity index (χ4v) is 2.86. The molecule has 3 nitrogen and oxygen atoms in total. The lowest BCUT2D eigenvalue weighted by Crippen LogP contribution is -2.11. The first-order valence-electron chi connectivity index (χ1n) is 5.83. The number of fused-ring (bicyclic) bond motifs is 1. The number of nitrogens with zero attached hydrogens (tertiary/aromatic N) is 1. The number of nitrogens with one attached hydrogen (secondary N) is 1. The smallest absolute Gasteiger partial charge is 0.228 e. The minimum absolute atomic E-state index is 0.0400. The highest BCUT2D eigenvalue weighted by Crippen LogP contribution is 2.64. The van der Waals surface area contributed by atoms with Crippen LogP contribution >= 0.6 is 0 Å². The van der Waals surface area contributed by atoms with Gasteiger partial charge in [-0.2, -0.15) is 5.26 Å². The minimum atomic E-state index is -0.354. The number of nitriles is 1. The number of anilines is 1. The maximum Gasteiger partial charge on any atom is 0.228 e. The molecule has 1 atom stereocenters. The van der Waals surface area contributed by atoms with Crippen LogP contribution in [0.3, 0.4) is 0 Å². The Morgan fingerprint density at radius 1 is 1.41 bits per heavy atom. The molecule has 1 aliphatic carbocycles. The Balaban J connectivity index is 2.06. The zero-order valence-corrected chi connectivity index (χ0v) is 10.0. The Hall–Kier alpha value is -1.82. The highest BCUT2D eigenvalue weighted by atomic mass is 16.1. The van der Waals surface area contributed by atoms with Crippen molar-refractivity contribution >= 4 is 11.6 Å². The molecule has 1 amide bonds.